The van der Waals surface area contributed by atoms with Gasteiger partial charge in [0.2, 0.25) is 0 Å². The number of nitrogen functional groups attached to an aromatic ring is 1. The smallest absolute Gasteiger partial charge is 0.0683 e. The average molecular weight is 329 g/mol. The standard InChI is InChI=1S/C13H17BrN2OS/c1-13(2,9-15)6-3-7-18(17)12-8-10(14)4-5-11(12)16/h4-5,8H,3,6-7,16H2,1-2H3. The molecule has 0 aliphatic heterocycles. The number of anilines is 1. The summed E-state index contributed by atoms with van der Waals surface area (Å²) in [5.41, 5.74) is 6.01. The van der Waals surface area contributed by atoms with Crippen molar-refractivity contribution in [1.82, 2.24) is 0 Å². The second-order valence-corrected chi connectivity index (χ2v) is 7.29. The Bertz CT molecular complexity index is 494. The minimum Gasteiger partial charge on any atom is -0.398 e. The van der Waals surface area contributed by atoms with E-state index in [-0.39, 0.29) is 5.41 Å². The Hall–Kier alpha value is -0.860. The van der Waals surface area contributed by atoms with Crippen LogP contribution in [0.4, 0.5) is 5.69 Å². The van der Waals surface area contributed by atoms with E-state index in [9.17, 15) is 4.21 Å². The number of nitrogens with zero attached hydrogens (tertiary/aromatic N) is 1. The zero-order valence-corrected chi connectivity index (χ0v) is 13.0. The number of rotatable bonds is 5. The Morgan fingerprint density at radius 3 is 2.78 bits per heavy atom. The molecule has 2 N–H and O–H groups in total. The first-order valence-corrected chi connectivity index (χ1v) is 7.81. The molecule has 0 saturated heterocycles. The van der Waals surface area contributed by atoms with Crippen molar-refractivity contribution < 1.29 is 4.21 Å². The highest BCUT2D eigenvalue weighted by molar-refractivity contribution is 9.10. The Morgan fingerprint density at radius 1 is 1.50 bits per heavy atom. The number of benzene rings is 1. The van der Waals surface area contributed by atoms with Crippen molar-refractivity contribution in [3.63, 3.8) is 0 Å². The maximum Gasteiger partial charge on any atom is 0.0683 e. The van der Waals surface area contributed by atoms with Crippen LogP contribution in [0.25, 0.3) is 0 Å². The van der Waals surface area contributed by atoms with E-state index in [0.29, 0.717) is 16.3 Å². The van der Waals surface area contributed by atoms with Crippen molar-refractivity contribution in [1.29, 1.82) is 5.26 Å². The van der Waals surface area contributed by atoms with Gasteiger partial charge in [0.25, 0.3) is 0 Å². The molecule has 1 aromatic carbocycles. The predicted molar refractivity (Wildman–Crippen MR) is 78.5 cm³/mol. The van der Waals surface area contributed by atoms with Gasteiger partial charge in [-0.3, -0.25) is 4.21 Å². The zero-order valence-electron chi connectivity index (χ0n) is 10.6. The van der Waals surface area contributed by atoms with Gasteiger partial charge in [0.15, 0.2) is 0 Å². The highest BCUT2D eigenvalue weighted by Gasteiger charge is 2.17. The molecular formula is C13H17BrN2OS. The van der Waals surface area contributed by atoms with Gasteiger partial charge in [-0.1, -0.05) is 15.9 Å². The van der Waals surface area contributed by atoms with Gasteiger partial charge in [-0.2, -0.15) is 5.26 Å². The molecule has 0 aliphatic rings. The summed E-state index contributed by atoms with van der Waals surface area (Å²) in [5.74, 6) is 0.533. The van der Waals surface area contributed by atoms with E-state index in [4.69, 9.17) is 11.0 Å². The van der Waals surface area contributed by atoms with Crippen LogP contribution in [0.3, 0.4) is 0 Å². The molecule has 0 fully saturated rings. The van der Waals surface area contributed by atoms with Crippen LogP contribution in [0.5, 0.6) is 0 Å². The second-order valence-electron chi connectivity index (χ2n) is 4.83. The van der Waals surface area contributed by atoms with Crippen LogP contribution in [-0.4, -0.2) is 9.96 Å². The lowest BCUT2D eigenvalue weighted by molar-refractivity contribution is 0.447. The first-order valence-electron chi connectivity index (χ1n) is 5.70. The molecule has 0 radical (unpaired) electrons. The van der Waals surface area contributed by atoms with Crippen LogP contribution < -0.4 is 5.73 Å². The summed E-state index contributed by atoms with van der Waals surface area (Å²) in [4.78, 5) is 0.666. The molecule has 3 nitrogen and oxygen atoms in total. The van der Waals surface area contributed by atoms with Crippen molar-refractivity contribution in [3.05, 3.63) is 22.7 Å². The Kier molecular flexibility index (Phi) is 5.36. The monoisotopic (exact) mass is 328 g/mol. The molecule has 0 aliphatic carbocycles. The van der Waals surface area contributed by atoms with Gasteiger partial charge < -0.3 is 5.73 Å². The van der Waals surface area contributed by atoms with E-state index in [2.05, 4.69) is 22.0 Å². The van der Waals surface area contributed by atoms with Gasteiger partial charge in [0, 0.05) is 15.9 Å². The van der Waals surface area contributed by atoms with Crippen LogP contribution in [-0.2, 0) is 10.8 Å². The third-order valence-electron chi connectivity index (χ3n) is 2.66. The van der Waals surface area contributed by atoms with E-state index in [1.165, 1.54) is 0 Å². The number of nitrogens with two attached hydrogens (primary N) is 1. The highest BCUT2D eigenvalue weighted by Crippen LogP contribution is 2.24. The number of nitriles is 1. The highest BCUT2D eigenvalue weighted by atomic mass is 79.9. The quantitative estimate of drug-likeness (QED) is 0.841. The van der Waals surface area contributed by atoms with E-state index >= 15 is 0 Å². The molecule has 18 heavy (non-hydrogen) atoms. The van der Waals surface area contributed by atoms with Crippen LogP contribution in [0.2, 0.25) is 0 Å². The predicted octanol–water partition coefficient (Wildman–Crippen LogP) is 3.47. The Morgan fingerprint density at radius 2 is 2.17 bits per heavy atom. The lowest BCUT2D eigenvalue weighted by Gasteiger charge is -2.14. The molecule has 0 amide bonds. The maximum atomic E-state index is 12.1. The zero-order chi connectivity index (χ0) is 13.8. The molecule has 0 saturated carbocycles. The summed E-state index contributed by atoms with van der Waals surface area (Å²) < 4.78 is 13.0. The van der Waals surface area contributed by atoms with Crippen molar-refractivity contribution in [2.24, 2.45) is 5.41 Å². The minimum atomic E-state index is -1.11. The number of hydrogen-bond acceptors (Lipinski definition) is 3. The van der Waals surface area contributed by atoms with Gasteiger partial charge in [-0.15, -0.1) is 0 Å². The first-order chi connectivity index (χ1) is 8.35. The molecule has 0 aromatic heterocycles. The van der Waals surface area contributed by atoms with Gasteiger partial charge in [0.05, 0.1) is 27.2 Å². The fourth-order valence-corrected chi connectivity index (χ4v) is 3.24. The van der Waals surface area contributed by atoms with E-state index < -0.39 is 10.8 Å². The Balaban J connectivity index is 2.62. The lowest BCUT2D eigenvalue weighted by Crippen LogP contribution is -2.10. The van der Waals surface area contributed by atoms with Crippen LogP contribution in [0, 0.1) is 16.7 Å². The third kappa shape index (κ3) is 4.43. The van der Waals surface area contributed by atoms with E-state index in [1.807, 2.05) is 19.9 Å². The SMILES string of the molecule is CC(C)(C#N)CCCS(=O)c1cc(Br)ccc1N. The summed E-state index contributed by atoms with van der Waals surface area (Å²) in [7, 11) is -1.11. The largest absolute Gasteiger partial charge is 0.398 e. The van der Waals surface area contributed by atoms with Gasteiger partial charge in [0.1, 0.15) is 0 Å². The molecule has 1 rings (SSSR count). The Labute approximate surface area is 119 Å². The summed E-state index contributed by atoms with van der Waals surface area (Å²) in [6.45, 7) is 3.78. The van der Waals surface area contributed by atoms with Gasteiger partial charge in [-0.25, -0.2) is 0 Å². The summed E-state index contributed by atoms with van der Waals surface area (Å²) >= 11 is 3.34. The second kappa shape index (κ2) is 6.35. The topological polar surface area (TPSA) is 66.9 Å². The summed E-state index contributed by atoms with van der Waals surface area (Å²) in [6.07, 6.45) is 1.49. The van der Waals surface area contributed by atoms with Crippen molar-refractivity contribution in [3.8, 4) is 6.07 Å². The van der Waals surface area contributed by atoms with Crippen LogP contribution >= 0.6 is 15.9 Å². The number of hydrogen-bond donors (Lipinski definition) is 1. The van der Waals surface area contributed by atoms with E-state index in [1.54, 1.807) is 12.1 Å². The molecule has 1 unspecified atom stereocenters. The fourth-order valence-electron chi connectivity index (χ4n) is 1.52. The summed E-state index contributed by atoms with van der Waals surface area (Å²) in [5, 5.41) is 8.90. The van der Waals surface area contributed by atoms with Crippen LogP contribution in [0.1, 0.15) is 26.7 Å². The molecule has 0 spiro atoms. The first kappa shape index (κ1) is 15.2. The van der Waals surface area contributed by atoms with Gasteiger partial charge in [-0.05, 0) is 44.9 Å². The van der Waals surface area contributed by atoms with E-state index in [0.717, 1.165) is 17.3 Å². The molecule has 1 aromatic rings. The normalized spacial score (nSPS) is 13.0. The summed E-state index contributed by atoms with van der Waals surface area (Å²) in [6, 6.07) is 7.61. The van der Waals surface area contributed by atoms with Crippen molar-refractivity contribution in [2.75, 3.05) is 11.5 Å². The maximum absolute atomic E-state index is 12.1. The number of halogens is 1. The molecule has 98 valence electrons. The van der Waals surface area contributed by atoms with Crippen LogP contribution in [0.15, 0.2) is 27.6 Å². The molecule has 0 heterocycles. The molecule has 1 atom stereocenters. The minimum absolute atomic E-state index is 0.354. The third-order valence-corrected chi connectivity index (χ3v) is 4.65. The fraction of sp³-hybridized carbons (Fsp3) is 0.462. The average Bonchev–Trinajstić information content (AvgIpc) is 2.32. The molecule has 5 heteroatoms. The molecular weight excluding hydrogens is 312 g/mol. The van der Waals surface area contributed by atoms with Crippen molar-refractivity contribution >= 4 is 32.4 Å². The van der Waals surface area contributed by atoms with Crippen molar-refractivity contribution in [2.45, 2.75) is 31.6 Å². The van der Waals surface area contributed by atoms with Gasteiger partial charge >= 0.3 is 0 Å². The lowest BCUT2D eigenvalue weighted by atomic mass is 9.90. The molecule has 0 bridgehead atoms.